The zero-order valence-electron chi connectivity index (χ0n) is 17.4. The normalized spacial score (nSPS) is 23.7. The number of nitrogens with zero attached hydrogens (tertiary/aromatic N) is 1. The highest BCUT2D eigenvalue weighted by molar-refractivity contribution is 8.15. The predicted octanol–water partition coefficient (Wildman–Crippen LogP) is 2.63. The molecule has 2 aromatic rings. The SMILES string of the molecule is C[C@H](NC(=O)c1ccc(NC2=N[C@@H]3CS(=O)(=O)C[C@H]3S2)cc1)c1ccc2c(c1)OCCO2. The lowest BCUT2D eigenvalue weighted by molar-refractivity contribution is 0.0939. The number of carbonyl (C=O) groups is 1. The maximum Gasteiger partial charge on any atom is 0.251 e. The molecular formula is C22H23N3O5S2. The van der Waals surface area contributed by atoms with Crippen molar-refractivity contribution < 1.29 is 22.7 Å². The summed E-state index contributed by atoms with van der Waals surface area (Å²) in [6, 6.07) is 12.4. The van der Waals surface area contributed by atoms with Gasteiger partial charge in [0.15, 0.2) is 26.5 Å². The standard InChI is InChI=1S/C22H23N3O5S2/c1-13(15-4-7-18-19(10-15)30-9-8-29-18)23-21(26)14-2-5-16(6-3-14)24-22-25-17-11-32(27,28)12-20(17)31-22/h2-7,10,13,17,20H,8-9,11-12H2,1H3,(H,23,26)(H,24,25)/t13-,17+,20+/m0/s1. The molecule has 0 aliphatic carbocycles. The van der Waals surface area contributed by atoms with Gasteiger partial charge in [0, 0.05) is 16.5 Å². The molecule has 3 aliphatic heterocycles. The monoisotopic (exact) mass is 473 g/mol. The average molecular weight is 474 g/mol. The van der Waals surface area contributed by atoms with Crippen LogP contribution in [0.4, 0.5) is 5.69 Å². The van der Waals surface area contributed by atoms with Gasteiger partial charge in [-0.25, -0.2) is 8.42 Å². The fourth-order valence-electron chi connectivity index (χ4n) is 3.94. The van der Waals surface area contributed by atoms with Crippen molar-refractivity contribution in [3.05, 3.63) is 53.6 Å². The van der Waals surface area contributed by atoms with Crippen LogP contribution >= 0.6 is 11.8 Å². The molecule has 3 heterocycles. The van der Waals surface area contributed by atoms with Gasteiger partial charge in [0.2, 0.25) is 0 Å². The van der Waals surface area contributed by atoms with E-state index in [1.807, 2.05) is 37.3 Å². The summed E-state index contributed by atoms with van der Waals surface area (Å²) in [5.74, 6) is 1.54. The Labute approximate surface area is 190 Å². The molecule has 8 nitrogen and oxygen atoms in total. The van der Waals surface area contributed by atoms with Crippen LogP contribution < -0.4 is 20.1 Å². The Hall–Kier alpha value is -2.72. The molecule has 0 bridgehead atoms. The molecule has 1 amide bonds. The second-order valence-electron chi connectivity index (χ2n) is 8.04. The van der Waals surface area contributed by atoms with Crippen molar-refractivity contribution in [2.24, 2.45) is 4.99 Å². The molecule has 1 fully saturated rings. The molecule has 5 rings (SSSR count). The largest absolute Gasteiger partial charge is 0.486 e. The number of ether oxygens (including phenoxy) is 2. The highest BCUT2D eigenvalue weighted by atomic mass is 32.2. The maximum atomic E-state index is 12.7. The minimum absolute atomic E-state index is 0.00500. The number of carbonyl (C=O) groups excluding carboxylic acids is 1. The van der Waals surface area contributed by atoms with E-state index >= 15 is 0 Å². The van der Waals surface area contributed by atoms with E-state index in [4.69, 9.17) is 9.47 Å². The quantitative estimate of drug-likeness (QED) is 0.703. The Morgan fingerprint density at radius 1 is 1.09 bits per heavy atom. The lowest BCUT2D eigenvalue weighted by Gasteiger charge is -2.21. The number of amides is 1. The average Bonchev–Trinajstić information content (AvgIpc) is 3.26. The lowest BCUT2D eigenvalue weighted by atomic mass is 10.1. The molecule has 0 spiro atoms. The van der Waals surface area contributed by atoms with E-state index < -0.39 is 9.84 Å². The molecule has 0 aromatic heterocycles. The van der Waals surface area contributed by atoms with Gasteiger partial charge in [-0.05, 0) is 48.9 Å². The molecule has 0 saturated carbocycles. The second kappa shape index (κ2) is 8.32. The molecule has 2 N–H and O–H groups in total. The third-order valence-electron chi connectivity index (χ3n) is 5.63. The third-order valence-corrected chi connectivity index (χ3v) is 8.77. The van der Waals surface area contributed by atoms with Gasteiger partial charge in [-0.15, -0.1) is 0 Å². The van der Waals surface area contributed by atoms with Gasteiger partial charge in [0.1, 0.15) is 13.2 Å². The number of anilines is 1. The van der Waals surface area contributed by atoms with Crippen molar-refractivity contribution in [2.75, 3.05) is 30.0 Å². The maximum absolute atomic E-state index is 12.7. The van der Waals surface area contributed by atoms with Crippen LogP contribution in [0.1, 0.15) is 28.9 Å². The first kappa shape index (κ1) is 21.1. The highest BCUT2D eigenvalue weighted by Gasteiger charge is 2.42. The van der Waals surface area contributed by atoms with Crippen molar-refractivity contribution >= 4 is 38.4 Å². The van der Waals surface area contributed by atoms with Crippen LogP contribution in [0.5, 0.6) is 11.5 Å². The number of hydrogen-bond acceptors (Lipinski definition) is 8. The van der Waals surface area contributed by atoms with Crippen LogP contribution in [0.25, 0.3) is 0 Å². The Bertz CT molecular complexity index is 1180. The second-order valence-corrected chi connectivity index (χ2v) is 11.4. The van der Waals surface area contributed by atoms with Crippen molar-refractivity contribution in [1.29, 1.82) is 0 Å². The van der Waals surface area contributed by atoms with Gasteiger partial charge in [-0.1, -0.05) is 17.8 Å². The number of fused-ring (bicyclic) bond motifs is 2. The fraction of sp³-hybridized carbons (Fsp3) is 0.364. The predicted molar refractivity (Wildman–Crippen MR) is 125 cm³/mol. The van der Waals surface area contributed by atoms with Gasteiger partial charge in [0.25, 0.3) is 5.91 Å². The summed E-state index contributed by atoms with van der Waals surface area (Å²) in [6.45, 7) is 2.98. The van der Waals surface area contributed by atoms with E-state index in [0.29, 0.717) is 24.5 Å². The number of sulfone groups is 1. The number of hydrogen-bond donors (Lipinski definition) is 2. The summed E-state index contributed by atoms with van der Waals surface area (Å²) in [6.07, 6.45) is 0. The first-order valence-corrected chi connectivity index (χ1v) is 13.1. The first-order chi connectivity index (χ1) is 15.4. The fourth-order valence-corrected chi connectivity index (χ4v) is 7.61. The Morgan fingerprint density at radius 2 is 1.84 bits per heavy atom. The Kier molecular flexibility index (Phi) is 5.50. The van der Waals surface area contributed by atoms with Crippen LogP contribution in [-0.4, -0.2) is 55.5 Å². The first-order valence-electron chi connectivity index (χ1n) is 10.4. The molecule has 32 heavy (non-hydrogen) atoms. The highest BCUT2D eigenvalue weighted by Crippen LogP contribution is 2.35. The van der Waals surface area contributed by atoms with E-state index in [2.05, 4.69) is 15.6 Å². The summed E-state index contributed by atoms with van der Waals surface area (Å²) < 4.78 is 34.5. The van der Waals surface area contributed by atoms with Crippen LogP contribution in [0.3, 0.4) is 0 Å². The molecule has 2 aromatic carbocycles. The minimum Gasteiger partial charge on any atom is -0.486 e. The summed E-state index contributed by atoms with van der Waals surface area (Å²) >= 11 is 1.47. The molecule has 1 saturated heterocycles. The molecule has 0 radical (unpaired) electrons. The van der Waals surface area contributed by atoms with Gasteiger partial charge >= 0.3 is 0 Å². The van der Waals surface area contributed by atoms with Crippen LogP contribution in [0.2, 0.25) is 0 Å². The lowest BCUT2D eigenvalue weighted by Crippen LogP contribution is -2.26. The van der Waals surface area contributed by atoms with Crippen molar-refractivity contribution in [3.8, 4) is 11.5 Å². The van der Waals surface area contributed by atoms with Gasteiger partial charge in [-0.3, -0.25) is 9.79 Å². The van der Waals surface area contributed by atoms with Gasteiger partial charge in [0.05, 0.1) is 23.6 Å². The zero-order chi connectivity index (χ0) is 22.3. The number of rotatable bonds is 4. The van der Waals surface area contributed by atoms with E-state index in [-0.39, 0.29) is 34.7 Å². The number of amidine groups is 1. The molecule has 3 aliphatic rings. The number of thioether (sulfide) groups is 1. The summed E-state index contributed by atoms with van der Waals surface area (Å²) in [4.78, 5) is 17.2. The zero-order valence-corrected chi connectivity index (χ0v) is 19.0. The number of aliphatic imine (C=N–C) groups is 1. The van der Waals surface area contributed by atoms with Crippen molar-refractivity contribution in [2.45, 2.75) is 24.3 Å². The summed E-state index contributed by atoms with van der Waals surface area (Å²) in [7, 11) is -2.97. The van der Waals surface area contributed by atoms with Crippen LogP contribution in [0.15, 0.2) is 47.5 Å². The van der Waals surface area contributed by atoms with E-state index in [1.165, 1.54) is 11.8 Å². The van der Waals surface area contributed by atoms with E-state index in [9.17, 15) is 13.2 Å². The summed E-state index contributed by atoms with van der Waals surface area (Å²) in [5.41, 5.74) is 2.28. The van der Waals surface area contributed by atoms with E-state index in [0.717, 1.165) is 22.2 Å². The molecular weight excluding hydrogens is 450 g/mol. The number of benzene rings is 2. The Balaban J connectivity index is 1.19. The van der Waals surface area contributed by atoms with Crippen molar-refractivity contribution in [1.82, 2.24) is 5.32 Å². The van der Waals surface area contributed by atoms with Crippen LogP contribution in [-0.2, 0) is 9.84 Å². The molecule has 168 valence electrons. The van der Waals surface area contributed by atoms with Crippen LogP contribution in [0, 0.1) is 0 Å². The molecule has 10 heteroatoms. The number of nitrogens with one attached hydrogen (secondary N) is 2. The molecule has 0 unspecified atom stereocenters. The van der Waals surface area contributed by atoms with E-state index in [1.54, 1.807) is 12.1 Å². The molecule has 3 atom stereocenters. The van der Waals surface area contributed by atoms with Gasteiger partial charge < -0.3 is 20.1 Å². The third kappa shape index (κ3) is 4.42. The van der Waals surface area contributed by atoms with Gasteiger partial charge in [-0.2, -0.15) is 0 Å². The summed E-state index contributed by atoms with van der Waals surface area (Å²) in [5, 5.41) is 6.94. The Morgan fingerprint density at radius 3 is 2.59 bits per heavy atom. The smallest absolute Gasteiger partial charge is 0.251 e. The topological polar surface area (TPSA) is 106 Å². The van der Waals surface area contributed by atoms with Crippen molar-refractivity contribution in [3.63, 3.8) is 0 Å². The minimum atomic E-state index is -2.97.